The Morgan fingerprint density at radius 1 is 0.482 bits per heavy atom. The van der Waals surface area contributed by atoms with E-state index in [1.807, 2.05) is 150 Å². The van der Waals surface area contributed by atoms with Crippen molar-refractivity contribution in [2.75, 3.05) is 0 Å². The van der Waals surface area contributed by atoms with E-state index in [9.17, 15) is 20.1 Å². The molecule has 7 unspecified atom stereocenters. The maximum atomic E-state index is 11.1. The summed E-state index contributed by atoms with van der Waals surface area (Å²) in [6.45, 7) is 76.4. The van der Waals surface area contributed by atoms with Crippen molar-refractivity contribution in [1.29, 1.82) is 0 Å². The zero-order valence-corrected chi connectivity index (χ0v) is 75.3. The fourth-order valence-electron chi connectivity index (χ4n) is 15.3. The van der Waals surface area contributed by atoms with Crippen molar-refractivity contribution < 1.29 is 24.9 Å². The molecule has 1 heterocycles. The van der Waals surface area contributed by atoms with E-state index in [1.54, 1.807) is 11.3 Å². The van der Waals surface area contributed by atoms with Crippen LogP contribution in [0.25, 0.3) is 0 Å². The van der Waals surface area contributed by atoms with E-state index in [2.05, 4.69) is 240 Å². The summed E-state index contributed by atoms with van der Waals surface area (Å²) in [5, 5.41) is 35.0. The van der Waals surface area contributed by atoms with E-state index in [0.29, 0.717) is 59.2 Å². The second kappa shape index (κ2) is 51.5. The highest BCUT2D eigenvalue weighted by Crippen LogP contribution is 2.48. The molecule has 0 saturated heterocycles. The molecule has 114 heavy (non-hydrogen) atoms. The van der Waals surface area contributed by atoms with Crippen LogP contribution in [0.1, 0.15) is 298 Å². The third-order valence-corrected chi connectivity index (χ3v) is 24.0. The van der Waals surface area contributed by atoms with Crippen molar-refractivity contribution in [3.8, 4) is 0 Å². The topological polar surface area (TPSA) is 99.9 Å². The number of aromatic nitrogens is 1. The molecule has 7 aromatic rings. The standard InChI is InChI=1S/C17H24O.C17H26O.C17H24.C15H22.C14H23NS.C14H18O2.C12H16O.CH4/c1-13(2)14(3)16(15-9-5-4-6-10-15)17(18)11-7-8-12-17;1-6-17(18,7-2)16(14(5)13(3)4)15-11-9-8-10-12-15;1-13(2)14(3)17(16-11-7-8-12-16)15-9-5-4-6-10-15;1-11(2)13(5)15(12(3)4)14-9-7-6-8-10-14;1-10(2)11(3)12(14(4,5)6)9-13-15-7-8-16-13;1-10(2)11(3)14(16-12(4)15)13-8-6-5-7-9-13;1-9(2)10(3)12(13)11-7-5-4-6-8-11;/h4-6,9-10,13,16,18H,3,7-8,11-12H2,1-2H3;8-13,16,18H,5-7H2,1-4H3;4-6,9-10,13,16-17H,3,7-8,11-12H2,1-2H3;6-12,15H,5H2,1-4H3;7-8,10,12H,3,9H2,1-2,4-6H3;5-10,14H,3H2,1-2,4H3;4-9,12-13H,3H2,1-2H3;1H4. The highest BCUT2D eigenvalue weighted by Gasteiger charge is 2.42. The van der Waals surface area contributed by atoms with Gasteiger partial charge < -0.3 is 20.1 Å². The Morgan fingerprint density at radius 3 is 1.20 bits per heavy atom. The first-order valence-electron chi connectivity index (χ1n) is 42.5. The number of hydrogen-bond donors (Lipinski definition) is 3. The second-order valence-corrected chi connectivity index (χ2v) is 36.2. The van der Waals surface area contributed by atoms with Gasteiger partial charge in [0.25, 0.3) is 0 Å². The van der Waals surface area contributed by atoms with Crippen molar-refractivity contribution >= 4 is 17.3 Å². The summed E-state index contributed by atoms with van der Waals surface area (Å²) in [5.41, 5.74) is 14.3. The van der Waals surface area contributed by atoms with Crippen molar-refractivity contribution in [1.82, 2.24) is 4.98 Å². The number of benzene rings is 6. The van der Waals surface area contributed by atoms with Crippen molar-refractivity contribution in [2.45, 2.75) is 277 Å². The smallest absolute Gasteiger partial charge is 0.303 e. The second-order valence-electron chi connectivity index (χ2n) is 35.2. The van der Waals surface area contributed by atoms with Gasteiger partial charge in [-0.2, -0.15) is 0 Å². The zero-order valence-electron chi connectivity index (χ0n) is 74.5. The van der Waals surface area contributed by atoms with Gasteiger partial charge in [-0.25, -0.2) is 4.98 Å². The number of ether oxygens (including phenoxy) is 1. The average Bonchev–Trinajstić information content (AvgIpc) is 1.76. The number of thiazole rings is 1. The van der Waals surface area contributed by atoms with E-state index < -0.39 is 17.3 Å². The molecule has 626 valence electrons. The van der Waals surface area contributed by atoms with Crippen LogP contribution in [0.2, 0.25) is 0 Å². The highest BCUT2D eigenvalue weighted by atomic mass is 32.1. The third kappa shape index (κ3) is 33.2. The van der Waals surface area contributed by atoms with Gasteiger partial charge in [0, 0.05) is 48.6 Å². The molecular weight excluding hydrogens is 1410 g/mol. The molecule has 6 aromatic carbocycles. The van der Waals surface area contributed by atoms with Crippen molar-refractivity contribution in [3.63, 3.8) is 0 Å². The molecule has 2 aliphatic rings. The minimum atomic E-state index is -0.692. The summed E-state index contributed by atoms with van der Waals surface area (Å²) in [5.74, 6) is 5.91. The van der Waals surface area contributed by atoms with Crippen LogP contribution in [0.3, 0.4) is 0 Å². The van der Waals surface area contributed by atoms with Gasteiger partial charge in [0.15, 0.2) is 0 Å². The summed E-state index contributed by atoms with van der Waals surface area (Å²) in [7, 11) is 0. The molecule has 0 aliphatic heterocycles. The molecule has 3 N–H and O–H groups in total. The SMILES string of the molecule is C.C=C(C(C)C)C(Cc1nccs1)C(C)(C)C.C=C(C(C)C)C(O)c1ccccc1.C=C(C(C)C)C(OC(C)=O)c1ccccc1.C=C(C(C)C)C(c1ccccc1)C(C)C.C=C(C(C)C)C(c1ccccc1)C(O)(CC)CC.C=C(C(C)C)C(c1ccccc1)C1(O)CCCC1.C=C(C(C)C)C(c1ccccc1)C1CCCC1. The molecule has 0 amide bonds. The summed E-state index contributed by atoms with van der Waals surface area (Å²) < 4.78 is 5.32. The molecule has 6 nitrogen and oxygen atoms in total. The molecule has 0 spiro atoms. The lowest BCUT2D eigenvalue weighted by molar-refractivity contribution is -0.145. The summed E-state index contributed by atoms with van der Waals surface area (Å²) in [6.07, 6.45) is 13.2. The first-order valence-corrected chi connectivity index (χ1v) is 43.4. The van der Waals surface area contributed by atoms with Gasteiger partial charge in [0.05, 0.1) is 16.2 Å². The maximum Gasteiger partial charge on any atom is 0.303 e. The predicted molar refractivity (Wildman–Crippen MR) is 498 cm³/mol. The molecule has 7 heteroatoms. The molecule has 0 bridgehead atoms. The van der Waals surface area contributed by atoms with E-state index in [4.69, 9.17) is 4.74 Å². The van der Waals surface area contributed by atoms with Crippen LogP contribution in [0.4, 0.5) is 0 Å². The number of aliphatic hydroxyl groups is 3. The maximum absolute atomic E-state index is 11.1. The zero-order chi connectivity index (χ0) is 84.9. The molecule has 2 fully saturated rings. The molecule has 9 rings (SSSR count). The molecule has 2 aliphatic carbocycles. The number of hydrogen-bond acceptors (Lipinski definition) is 7. The van der Waals surface area contributed by atoms with Crippen LogP contribution in [0.5, 0.6) is 0 Å². The van der Waals surface area contributed by atoms with Crippen LogP contribution < -0.4 is 0 Å². The van der Waals surface area contributed by atoms with Crippen LogP contribution in [0, 0.1) is 64.6 Å². The average molecular weight is 1570 g/mol. The highest BCUT2D eigenvalue weighted by molar-refractivity contribution is 7.09. The van der Waals surface area contributed by atoms with Gasteiger partial charge in [-0.15, -0.1) is 11.3 Å². The first kappa shape index (κ1) is 103. The Bertz CT molecular complexity index is 3780. The third-order valence-electron chi connectivity index (χ3n) is 23.2. The van der Waals surface area contributed by atoms with Crippen LogP contribution in [-0.4, -0.2) is 37.5 Å². The Hall–Kier alpha value is -7.52. The monoisotopic (exact) mass is 1570 g/mol. The fraction of sp³-hybridized carbons (Fsp3) is 0.495. The number of carbonyl (C=O) groups is 1. The quantitative estimate of drug-likeness (QED) is 0.0319. The predicted octanol–water partition coefficient (Wildman–Crippen LogP) is 30.3. The minimum absolute atomic E-state index is 0. The van der Waals surface area contributed by atoms with Crippen molar-refractivity contribution in [3.05, 3.63) is 317 Å². The number of carbonyl (C=O) groups excluding carboxylic acids is 1. The Labute approximate surface area is 701 Å². The Morgan fingerprint density at radius 2 is 0.851 bits per heavy atom. The first-order chi connectivity index (χ1) is 53.2. The van der Waals surface area contributed by atoms with Crippen molar-refractivity contribution in [2.24, 2.45) is 64.6 Å². The lowest BCUT2D eigenvalue weighted by Gasteiger charge is -2.38. The normalized spacial score (nSPS) is 15.0. The number of rotatable bonds is 29. The van der Waals surface area contributed by atoms with E-state index >= 15 is 0 Å². The molecular formula is C107H157NO5S. The van der Waals surface area contributed by atoms with Gasteiger partial charge in [0.1, 0.15) is 12.2 Å². The van der Waals surface area contributed by atoms with Crippen LogP contribution in [0.15, 0.2) is 279 Å². The van der Waals surface area contributed by atoms with Gasteiger partial charge in [-0.3, -0.25) is 4.79 Å². The van der Waals surface area contributed by atoms with E-state index in [0.717, 1.165) is 84.3 Å². The summed E-state index contributed by atoms with van der Waals surface area (Å²) in [4.78, 5) is 15.5. The fourth-order valence-corrected chi connectivity index (χ4v) is 16.0. The number of nitrogens with zero attached hydrogens (tertiary/aromatic N) is 1. The van der Waals surface area contributed by atoms with Gasteiger partial charge >= 0.3 is 5.97 Å². The largest absolute Gasteiger partial charge is 0.453 e. The molecule has 2 saturated carbocycles. The molecule has 0 radical (unpaired) electrons. The number of esters is 1. The Kier molecular flexibility index (Phi) is 46.4. The van der Waals surface area contributed by atoms with Gasteiger partial charge in [0.2, 0.25) is 0 Å². The van der Waals surface area contributed by atoms with Crippen LogP contribution in [-0.2, 0) is 16.0 Å². The lowest BCUT2D eigenvalue weighted by Crippen LogP contribution is -2.36. The lowest BCUT2D eigenvalue weighted by atomic mass is 9.72. The molecule has 7 atom stereocenters. The van der Waals surface area contributed by atoms with Gasteiger partial charge in [-0.05, 0) is 148 Å². The summed E-state index contributed by atoms with van der Waals surface area (Å²) in [6, 6.07) is 61.6. The van der Waals surface area contributed by atoms with Gasteiger partial charge in [-0.1, -0.05) is 434 Å². The summed E-state index contributed by atoms with van der Waals surface area (Å²) >= 11 is 1.74. The minimum Gasteiger partial charge on any atom is -0.453 e. The number of aliphatic hydroxyl groups excluding tert-OH is 1. The van der Waals surface area contributed by atoms with E-state index in [1.165, 1.54) is 76.6 Å². The number of allylic oxidation sites excluding steroid dienone is 3. The Balaban J connectivity index is 0.000000451. The molecule has 1 aromatic heterocycles. The van der Waals surface area contributed by atoms with Crippen LogP contribution >= 0.6 is 11.3 Å². The van der Waals surface area contributed by atoms with E-state index in [-0.39, 0.29) is 42.7 Å².